The summed E-state index contributed by atoms with van der Waals surface area (Å²) in [4.78, 5) is 24.1. The number of nitrogens with zero attached hydrogens (tertiary/aromatic N) is 4. The van der Waals surface area contributed by atoms with Crippen molar-refractivity contribution in [2.24, 2.45) is 21.5 Å². The molecule has 3 unspecified atom stereocenters. The molecule has 0 saturated carbocycles. The summed E-state index contributed by atoms with van der Waals surface area (Å²) in [5.41, 5.74) is 10.3. The Morgan fingerprint density at radius 3 is 2.71 bits per heavy atom. The van der Waals surface area contributed by atoms with E-state index in [0.29, 0.717) is 24.5 Å². The number of rotatable bonds is 4. The molecule has 0 aliphatic carbocycles. The van der Waals surface area contributed by atoms with Crippen LogP contribution in [0.1, 0.15) is 43.1 Å². The van der Waals surface area contributed by atoms with Crippen LogP contribution in [-0.4, -0.2) is 94.2 Å². The Balaban J connectivity index is 1.51. The number of aliphatic imine (C=N–C) groups is 2. The lowest BCUT2D eigenvalue weighted by Crippen LogP contribution is -2.77. The van der Waals surface area contributed by atoms with Crippen LogP contribution in [0, 0.1) is 0 Å². The molecule has 12 heteroatoms. The Kier molecular flexibility index (Phi) is 5.20. The van der Waals surface area contributed by atoms with Crippen LogP contribution in [0.5, 0.6) is 5.75 Å². The topological polar surface area (TPSA) is 174 Å². The summed E-state index contributed by atoms with van der Waals surface area (Å²) in [7, 11) is 1.77. The zero-order valence-corrected chi connectivity index (χ0v) is 20.4. The van der Waals surface area contributed by atoms with Gasteiger partial charge in [0.05, 0.1) is 24.3 Å². The number of ether oxygens (including phenoxy) is 1. The van der Waals surface area contributed by atoms with Gasteiger partial charge in [0, 0.05) is 18.7 Å². The molecule has 1 saturated heterocycles. The van der Waals surface area contributed by atoms with E-state index in [2.05, 4.69) is 34.5 Å². The molecule has 1 amide bonds. The number of carbonyl (C=O) groups is 1. The summed E-state index contributed by atoms with van der Waals surface area (Å²) in [5.74, 6) is 0.145. The molecule has 5 rings (SSSR count). The molecule has 4 aliphatic heterocycles. The Labute approximate surface area is 204 Å². The summed E-state index contributed by atoms with van der Waals surface area (Å²) in [5, 5.41) is 29.8. The molecule has 8 N–H and O–H groups in total. The fraction of sp³-hybridized carbons (Fsp3) is 0.609. The van der Waals surface area contributed by atoms with E-state index in [1.54, 1.807) is 24.9 Å². The maximum atomic E-state index is 13.5. The quantitative estimate of drug-likeness (QED) is 0.309. The number of guanidine groups is 2. The molecule has 1 spiro atoms. The smallest absolute Gasteiger partial charge is 0.255 e. The van der Waals surface area contributed by atoms with Crippen LogP contribution in [0.25, 0.3) is 0 Å². The lowest BCUT2D eigenvalue weighted by Gasteiger charge is -2.52. The molecule has 0 aromatic heterocycles. The third-order valence-electron chi connectivity index (χ3n) is 8.04. The van der Waals surface area contributed by atoms with E-state index >= 15 is 0 Å². The van der Waals surface area contributed by atoms with E-state index in [1.807, 2.05) is 12.1 Å². The maximum Gasteiger partial charge on any atom is 0.255 e. The number of benzene rings is 1. The van der Waals surface area contributed by atoms with Gasteiger partial charge in [-0.15, -0.1) is 0 Å². The molecule has 1 fully saturated rings. The van der Waals surface area contributed by atoms with Crippen molar-refractivity contribution < 1.29 is 19.8 Å². The summed E-state index contributed by atoms with van der Waals surface area (Å²) >= 11 is 0. The maximum absolute atomic E-state index is 13.5. The Morgan fingerprint density at radius 1 is 1.26 bits per heavy atom. The molecule has 4 heterocycles. The third kappa shape index (κ3) is 3.06. The van der Waals surface area contributed by atoms with E-state index in [-0.39, 0.29) is 23.9 Å². The van der Waals surface area contributed by atoms with Gasteiger partial charge in [-0.2, -0.15) is 5.06 Å². The Bertz CT molecular complexity index is 1120. The summed E-state index contributed by atoms with van der Waals surface area (Å²) in [6.07, 6.45) is 0.849. The summed E-state index contributed by atoms with van der Waals surface area (Å²) in [6.45, 7) is 6.82. The van der Waals surface area contributed by atoms with E-state index in [9.17, 15) is 15.1 Å². The van der Waals surface area contributed by atoms with Gasteiger partial charge in [-0.05, 0) is 31.9 Å². The van der Waals surface area contributed by atoms with Crippen molar-refractivity contribution in [3.63, 3.8) is 0 Å². The molecule has 0 radical (unpaired) electrons. The fourth-order valence-electron chi connectivity index (χ4n) is 6.07. The predicted octanol–water partition coefficient (Wildman–Crippen LogP) is -1.09. The van der Waals surface area contributed by atoms with Crippen molar-refractivity contribution in [3.05, 3.63) is 29.3 Å². The number of hydrogen-bond donors (Lipinski definition) is 6. The van der Waals surface area contributed by atoms with E-state index in [4.69, 9.17) is 16.2 Å². The van der Waals surface area contributed by atoms with Gasteiger partial charge in [0.15, 0.2) is 11.6 Å². The summed E-state index contributed by atoms with van der Waals surface area (Å²) < 4.78 is 5.92. The number of nitrogens with two attached hydrogens (primary N) is 2. The van der Waals surface area contributed by atoms with Crippen LogP contribution >= 0.6 is 0 Å². The average molecular weight is 487 g/mol. The van der Waals surface area contributed by atoms with Crippen LogP contribution < -0.4 is 26.8 Å². The predicted molar refractivity (Wildman–Crippen MR) is 129 cm³/mol. The van der Waals surface area contributed by atoms with Crippen molar-refractivity contribution >= 4 is 17.8 Å². The number of nitrogens with one attached hydrogen (secondary N) is 2. The first-order chi connectivity index (χ1) is 16.5. The number of hydroxylamine groups is 2. The SMILES string of the molecule is CNCC1N=C(N)N2CC(NC(=O)c3cccc4c3OCCC4(C)C)[C@](C)(O)C23[C@H]1N=C(N)N3O. The van der Waals surface area contributed by atoms with Crippen molar-refractivity contribution in [1.29, 1.82) is 0 Å². The summed E-state index contributed by atoms with van der Waals surface area (Å²) in [6, 6.07) is 3.48. The monoisotopic (exact) mass is 486 g/mol. The second kappa shape index (κ2) is 7.70. The highest BCUT2D eigenvalue weighted by molar-refractivity contribution is 5.98. The van der Waals surface area contributed by atoms with Gasteiger partial charge < -0.3 is 36.8 Å². The van der Waals surface area contributed by atoms with Crippen LogP contribution in [0.3, 0.4) is 0 Å². The van der Waals surface area contributed by atoms with E-state index < -0.39 is 35.3 Å². The van der Waals surface area contributed by atoms with Crippen molar-refractivity contribution in [2.45, 2.75) is 62.0 Å². The van der Waals surface area contributed by atoms with Crippen LogP contribution in [0.2, 0.25) is 0 Å². The molecular formula is C23H34N8O4. The molecule has 1 aromatic rings. The van der Waals surface area contributed by atoms with Crippen LogP contribution in [-0.2, 0) is 5.41 Å². The minimum atomic E-state index is -1.71. The molecule has 190 valence electrons. The van der Waals surface area contributed by atoms with Gasteiger partial charge in [-0.25, -0.2) is 9.98 Å². The van der Waals surface area contributed by atoms with Gasteiger partial charge in [0.2, 0.25) is 5.96 Å². The van der Waals surface area contributed by atoms with Crippen LogP contribution in [0.15, 0.2) is 28.2 Å². The number of fused-ring (bicyclic) bond motifs is 1. The Hall–Kier alpha value is -3.09. The van der Waals surface area contributed by atoms with Crippen molar-refractivity contribution in [2.75, 3.05) is 26.7 Å². The largest absolute Gasteiger partial charge is 0.492 e. The zero-order chi connectivity index (χ0) is 25.3. The second-order valence-electron chi connectivity index (χ2n) is 10.5. The number of amides is 1. The van der Waals surface area contributed by atoms with Gasteiger partial charge in [-0.3, -0.25) is 10.0 Å². The highest BCUT2D eigenvalue weighted by Crippen LogP contribution is 2.50. The van der Waals surface area contributed by atoms with Crippen molar-refractivity contribution in [1.82, 2.24) is 20.6 Å². The number of aliphatic hydroxyl groups is 1. The normalized spacial score (nSPS) is 34.9. The van der Waals surface area contributed by atoms with Crippen LogP contribution in [0.4, 0.5) is 0 Å². The Morgan fingerprint density at radius 2 is 2.00 bits per heavy atom. The molecule has 1 aromatic carbocycles. The number of hydrogen-bond acceptors (Lipinski definition) is 11. The number of likely N-dealkylation sites (N-methyl/N-ethyl adjacent to an activating group) is 1. The molecule has 35 heavy (non-hydrogen) atoms. The molecular weight excluding hydrogens is 452 g/mol. The molecule has 4 aliphatic rings. The fourth-order valence-corrected chi connectivity index (χ4v) is 6.07. The standard InChI is InChI=1S/C23H34N8O4/c1-21(2)8-9-35-16-12(6-5-7-13(16)21)18(32)28-15-11-30-19(24)27-14(10-26-4)17-23(30,22(15,3)33)31(34)20(25)29-17/h5-7,14-15,17,26,33-34H,8-11H2,1-4H3,(H2,24,27)(H2,25,29)(H,28,32)/t14?,15?,17-,22-,23?/m0/s1. The van der Waals surface area contributed by atoms with E-state index in [1.165, 1.54) is 0 Å². The lowest BCUT2D eigenvalue weighted by molar-refractivity contribution is -0.218. The van der Waals surface area contributed by atoms with Gasteiger partial charge >= 0.3 is 0 Å². The lowest BCUT2D eigenvalue weighted by atomic mass is 9.78. The first-order valence-electron chi connectivity index (χ1n) is 11.8. The van der Waals surface area contributed by atoms with Crippen molar-refractivity contribution in [3.8, 4) is 5.75 Å². The number of para-hydroxylation sites is 1. The van der Waals surface area contributed by atoms with Gasteiger partial charge in [-0.1, -0.05) is 26.0 Å². The minimum absolute atomic E-state index is 0.0953. The zero-order valence-electron chi connectivity index (χ0n) is 20.4. The molecule has 12 nitrogen and oxygen atoms in total. The molecule has 5 atom stereocenters. The average Bonchev–Trinajstić information content (AvgIpc) is 3.20. The first kappa shape index (κ1) is 23.6. The first-order valence-corrected chi connectivity index (χ1v) is 11.8. The minimum Gasteiger partial charge on any atom is -0.492 e. The van der Waals surface area contributed by atoms with E-state index in [0.717, 1.165) is 17.0 Å². The highest BCUT2D eigenvalue weighted by Gasteiger charge is 2.74. The second-order valence-corrected chi connectivity index (χ2v) is 10.5. The van der Waals surface area contributed by atoms with Gasteiger partial charge in [0.1, 0.15) is 17.4 Å². The molecule has 0 bridgehead atoms. The van der Waals surface area contributed by atoms with Gasteiger partial charge in [0.25, 0.3) is 5.91 Å². The number of carbonyl (C=O) groups excluding carboxylic acids is 1. The third-order valence-corrected chi connectivity index (χ3v) is 8.04. The highest BCUT2D eigenvalue weighted by atomic mass is 16.5.